The van der Waals surface area contributed by atoms with Gasteiger partial charge in [-0.15, -0.1) is 11.3 Å². The number of thiophene rings is 1. The van der Waals surface area contributed by atoms with Crippen molar-refractivity contribution in [3.05, 3.63) is 40.8 Å². The number of aromatic nitrogens is 2. The molecule has 0 radical (unpaired) electrons. The lowest BCUT2D eigenvalue weighted by atomic mass is 9.86. The number of hydrogen-bond donors (Lipinski definition) is 1. The Morgan fingerprint density at radius 1 is 1.08 bits per heavy atom. The summed E-state index contributed by atoms with van der Waals surface area (Å²) in [4.78, 5) is 30.4. The molecule has 2 aromatic heterocycles. The van der Waals surface area contributed by atoms with E-state index in [1.165, 1.54) is 11.3 Å². The molecule has 2 aromatic rings. The second-order valence-corrected chi connectivity index (χ2v) is 7.74. The fraction of sp³-hybridized carbons (Fsp3) is 0.500. The van der Waals surface area contributed by atoms with E-state index in [0.29, 0.717) is 26.2 Å². The van der Waals surface area contributed by atoms with Crippen LogP contribution < -0.4 is 5.32 Å². The zero-order valence-corrected chi connectivity index (χ0v) is 15.5. The molecule has 8 heteroatoms. The van der Waals surface area contributed by atoms with Crippen LogP contribution in [0.1, 0.15) is 22.5 Å². The molecule has 138 valence electrons. The van der Waals surface area contributed by atoms with Crippen molar-refractivity contribution in [2.45, 2.75) is 18.4 Å². The molecular formula is C18H23N5O2S. The molecule has 0 bridgehead atoms. The van der Waals surface area contributed by atoms with E-state index >= 15 is 0 Å². The number of carbonyl (C=O) groups is 2. The molecule has 4 rings (SSSR count). The highest BCUT2D eigenvalue weighted by Crippen LogP contribution is 2.30. The van der Waals surface area contributed by atoms with Crippen molar-refractivity contribution in [3.63, 3.8) is 0 Å². The maximum atomic E-state index is 13.4. The summed E-state index contributed by atoms with van der Waals surface area (Å²) >= 11 is 1.46. The first-order valence-corrected chi connectivity index (χ1v) is 9.92. The lowest BCUT2D eigenvalue weighted by Gasteiger charge is -2.43. The fourth-order valence-electron chi connectivity index (χ4n) is 3.87. The summed E-state index contributed by atoms with van der Waals surface area (Å²) in [7, 11) is 0. The topological polar surface area (TPSA) is 70.5 Å². The maximum absolute atomic E-state index is 13.4. The average Bonchev–Trinajstić information content (AvgIpc) is 3.41. The molecule has 2 aliphatic heterocycles. The molecule has 26 heavy (non-hydrogen) atoms. The summed E-state index contributed by atoms with van der Waals surface area (Å²) in [6.07, 6.45) is 5.10. The Morgan fingerprint density at radius 3 is 2.42 bits per heavy atom. The van der Waals surface area contributed by atoms with Crippen molar-refractivity contribution >= 4 is 23.2 Å². The molecule has 2 amide bonds. The highest BCUT2D eigenvalue weighted by molar-refractivity contribution is 7.12. The molecular weight excluding hydrogens is 350 g/mol. The number of hydrogen-bond acceptors (Lipinski definition) is 5. The zero-order valence-electron chi connectivity index (χ0n) is 14.6. The molecule has 7 nitrogen and oxygen atoms in total. The van der Waals surface area contributed by atoms with Crippen molar-refractivity contribution in [1.29, 1.82) is 0 Å². The monoisotopic (exact) mass is 373 g/mol. The van der Waals surface area contributed by atoms with Crippen molar-refractivity contribution in [2.24, 2.45) is 0 Å². The highest BCUT2D eigenvalue weighted by Gasteiger charge is 2.45. The lowest BCUT2D eigenvalue weighted by Crippen LogP contribution is -2.59. The lowest BCUT2D eigenvalue weighted by molar-refractivity contribution is -0.144. The van der Waals surface area contributed by atoms with Crippen LogP contribution in [0, 0.1) is 0 Å². The van der Waals surface area contributed by atoms with E-state index < -0.39 is 5.54 Å². The first kappa shape index (κ1) is 17.2. The summed E-state index contributed by atoms with van der Waals surface area (Å²) < 4.78 is 1.83. The summed E-state index contributed by atoms with van der Waals surface area (Å²) in [6, 6.07) is 5.61. The first-order chi connectivity index (χ1) is 12.7. The van der Waals surface area contributed by atoms with Gasteiger partial charge in [-0.1, -0.05) is 6.07 Å². The molecule has 0 spiro atoms. The smallest absolute Gasteiger partial charge is 0.264 e. The third-order valence-electron chi connectivity index (χ3n) is 5.36. The van der Waals surface area contributed by atoms with Crippen LogP contribution in [0.15, 0.2) is 36.0 Å². The van der Waals surface area contributed by atoms with Gasteiger partial charge in [0.25, 0.3) is 11.8 Å². The third-order valence-corrected chi connectivity index (χ3v) is 6.22. The van der Waals surface area contributed by atoms with Crippen molar-refractivity contribution in [2.75, 3.05) is 39.3 Å². The minimum absolute atomic E-state index is 0.0655. The van der Waals surface area contributed by atoms with Gasteiger partial charge in [0, 0.05) is 38.6 Å². The van der Waals surface area contributed by atoms with Crippen molar-refractivity contribution < 1.29 is 9.59 Å². The molecule has 0 unspecified atom stereocenters. The highest BCUT2D eigenvalue weighted by atomic mass is 32.1. The Kier molecular flexibility index (Phi) is 4.78. The molecule has 0 atom stereocenters. The molecule has 2 aliphatic rings. The minimum Gasteiger partial charge on any atom is -0.337 e. The Bertz CT molecular complexity index is 745. The van der Waals surface area contributed by atoms with E-state index in [2.05, 4.69) is 10.4 Å². The van der Waals surface area contributed by atoms with Gasteiger partial charge in [-0.25, -0.2) is 0 Å². The van der Waals surface area contributed by atoms with Crippen LogP contribution in [-0.4, -0.2) is 70.7 Å². The zero-order chi connectivity index (χ0) is 18.0. The van der Waals surface area contributed by atoms with E-state index in [-0.39, 0.29) is 11.8 Å². The van der Waals surface area contributed by atoms with Gasteiger partial charge >= 0.3 is 0 Å². The van der Waals surface area contributed by atoms with Gasteiger partial charge < -0.3 is 15.1 Å². The number of rotatable bonds is 3. The van der Waals surface area contributed by atoms with E-state index in [1.807, 2.05) is 44.3 Å². The Hall–Kier alpha value is -2.19. The Morgan fingerprint density at radius 2 is 1.81 bits per heavy atom. The Labute approximate surface area is 156 Å². The SMILES string of the molecule is O=C(c1cccs1)N1CCN(C(=O)C2(n3cccn3)CCNCC2)CC1. The number of carbonyl (C=O) groups excluding carboxylic acids is 2. The largest absolute Gasteiger partial charge is 0.337 e. The number of piperazine rings is 1. The van der Waals surface area contributed by atoms with Crippen LogP contribution in [0.5, 0.6) is 0 Å². The minimum atomic E-state index is -0.602. The van der Waals surface area contributed by atoms with Crippen molar-refractivity contribution in [1.82, 2.24) is 24.9 Å². The molecule has 0 saturated carbocycles. The average molecular weight is 373 g/mol. The van der Waals surface area contributed by atoms with Gasteiger partial charge in [-0.3, -0.25) is 14.3 Å². The molecule has 0 aliphatic carbocycles. The molecule has 4 heterocycles. The molecule has 2 fully saturated rings. The number of amides is 2. The van der Waals surface area contributed by atoms with E-state index in [4.69, 9.17) is 0 Å². The molecule has 1 N–H and O–H groups in total. The normalized spacial score (nSPS) is 20.2. The van der Waals surface area contributed by atoms with Gasteiger partial charge in [0.05, 0.1) is 4.88 Å². The Balaban J connectivity index is 1.46. The quantitative estimate of drug-likeness (QED) is 0.872. The summed E-state index contributed by atoms with van der Waals surface area (Å²) in [6.45, 7) is 3.93. The van der Waals surface area contributed by atoms with Gasteiger partial charge in [0.15, 0.2) is 0 Å². The number of piperidine rings is 1. The second-order valence-electron chi connectivity index (χ2n) is 6.79. The van der Waals surface area contributed by atoms with Crippen LogP contribution in [0.2, 0.25) is 0 Å². The number of nitrogens with one attached hydrogen (secondary N) is 1. The fourth-order valence-corrected chi connectivity index (χ4v) is 4.56. The summed E-state index contributed by atoms with van der Waals surface area (Å²) in [5.41, 5.74) is -0.602. The van der Waals surface area contributed by atoms with Gasteiger partial charge in [0.2, 0.25) is 0 Å². The van der Waals surface area contributed by atoms with Gasteiger partial charge in [-0.05, 0) is 43.4 Å². The predicted molar refractivity (Wildman–Crippen MR) is 99.1 cm³/mol. The van der Waals surface area contributed by atoms with Crippen LogP contribution in [0.25, 0.3) is 0 Å². The summed E-state index contributed by atoms with van der Waals surface area (Å²) in [5.74, 6) is 0.196. The third kappa shape index (κ3) is 3.03. The van der Waals surface area contributed by atoms with E-state index in [0.717, 1.165) is 30.8 Å². The van der Waals surface area contributed by atoms with Gasteiger partial charge in [0.1, 0.15) is 5.54 Å². The van der Waals surface area contributed by atoms with E-state index in [1.54, 1.807) is 6.20 Å². The van der Waals surface area contributed by atoms with Crippen LogP contribution >= 0.6 is 11.3 Å². The molecule has 0 aromatic carbocycles. The van der Waals surface area contributed by atoms with Crippen LogP contribution in [0.3, 0.4) is 0 Å². The van der Waals surface area contributed by atoms with Crippen LogP contribution in [-0.2, 0) is 10.3 Å². The molecule has 2 saturated heterocycles. The predicted octanol–water partition coefficient (Wildman–Crippen LogP) is 1.01. The van der Waals surface area contributed by atoms with E-state index in [9.17, 15) is 9.59 Å². The van der Waals surface area contributed by atoms with Crippen LogP contribution in [0.4, 0.5) is 0 Å². The summed E-state index contributed by atoms with van der Waals surface area (Å²) in [5, 5.41) is 9.63. The number of nitrogens with zero attached hydrogens (tertiary/aromatic N) is 4. The van der Waals surface area contributed by atoms with Gasteiger partial charge in [-0.2, -0.15) is 5.10 Å². The standard InChI is InChI=1S/C18H23N5O2S/c24-16(15-3-1-14-26-15)21-10-12-22(13-11-21)17(25)18(4-7-19-8-5-18)23-9-2-6-20-23/h1-3,6,9,14,19H,4-5,7-8,10-13H2. The maximum Gasteiger partial charge on any atom is 0.264 e. The second kappa shape index (κ2) is 7.20. The first-order valence-electron chi connectivity index (χ1n) is 9.04. The van der Waals surface area contributed by atoms with Crippen molar-refractivity contribution in [3.8, 4) is 0 Å².